The van der Waals surface area contributed by atoms with Crippen LogP contribution in [0.3, 0.4) is 0 Å². The summed E-state index contributed by atoms with van der Waals surface area (Å²) in [5.41, 5.74) is 4.87. The Balaban J connectivity index is 2.57. The van der Waals surface area contributed by atoms with E-state index in [9.17, 15) is 0 Å². The van der Waals surface area contributed by atoms with E-state index in [-0.39, 0.29) is 0 Å². The molecule has 1 aromatic heterocycles. The SMILES string of the molecule is Cc1cc(C)cc(-c2c[c]nn2C)c1. The van der Waals surface area contributed by atoms with Crippen molar-refractivity contribution in [1.29, 1.82) is 0 Å². The topological polar surface area (TPSA) is 17.8 Å². The third-order valence-electron chi connectivity index (χ3n) is 2.28. The zero-order valence-electron chi connectivity index (χ0n) is 8.70. The Hall–Kier alpha value is -1.57. The van der Waals surface area contributed by atoms with E-state index in [0.29, 0.717) is 0 Å². The van der Waals surface area contributed by atoms with Gasteiger partial charge in [0.1, 0.15) is 6.20 Å². The van der Waals surface area contributed by atoms with Crippen LogP contribution in [0, 0.1) is 20.0 Å². The molecule has 0 saturated heterocycles. The standard InChI is InChI=1S/C12H13N2/c1-9-6-10(2)8-11(7-9)12-4-5-13-14(12)3/h4,6-8H,1-3H3. The van der Waals surface area contributed by atoms with Crippen LogP contribution in [0.4, 0.5) is 0 Å². The van der Waals surface area contributed by atoms with Gasteiger partial charge in [0, 0.05) is 12.6 Å². The van der Waals surface area contributed by atoms with Gasteiger partial charge in [0.05, 0.1) is 5.69 Å². The minimum absolute atomic E-state index is 1.11. The molecule has 1 heterocycles. The molecule has 2 rings (SSSR count). The Labute approximate surface area is 84.2 Å². The summed E-state index contributed by atoms with van der Waals surface area (Å²) < 4.78 is 1.84. The molecule has 0 fully saturated rings. The predicted octanol–water partition coefficient (Wildman–Crippen LogP) is 2.50. The maximum absolute atomic E-state index is 4.04. The summed E-state index contributed by atoms with van der Waals surface area (Å²) in [4.78, 5) is 0. The van der Waals surface area contributed by atoms with Crippen molar-refractivity contribution < 1.29 is 0 Å². The number of benzene rings is 1. The third kappa shape index (κ3) is 1.55. The largest absolute Gasteiger partial charge is 0.267 e. The number of aryl methyl sites for hydroxylation is 3. The molecular weight excluding hydrogens is 172 g/mol. The molecular formula is C12H13N2. The van der Waals surface area contributed by atoms with E-state index in [0.717, 1.165) is 5.69 Å². The lowest BCUT2D eigenvalue weighted by atomic mass is 10.1. The number of aromatic nitrogens is 2. The summed E-state index contributed by atoms with van der Waals surface area (Å²) in [6.45, 7) is 4.22. The molecule has 0 aliphatic rings. The van der Waals surface area contributed by atoms with Crippen LogP contribution >= 0.6 is 0 Å². The summed E-state index contributed by atoms with van der Waals surface area (Å²) >= 11 is 0. The van der Waals surface area contributed by atoms with Crippen molar-refractivity contribution in [3.63, 3.8) is 0 Å². The summed E-state index contributed by atoms with van der Waals surface area (Å²) in [5, 5.41) is 4.04. The van der Waals surface area contributed by atoms with Crippen LogP contribution in [0.1, 0.15) is 11.1 Å². The van der Waals surface area contributed by atoms with Crippen molar-refractivity contribution in [1.82, 2.24) is 9.78 Å². The molecule has 0 aliphatic heterocycles. The summed E-state index contributed by atoms with van der Waals surface area (Å²) in [5.74, 6) is 0. The minimum Gasteiger partial charge on any atom is -0.267 e. The fourth-order valence-corrected chi connectivity index (χ4v) is 1.72. The second-order valence-corrected chi connectivity index (χ2v) is 3.66. The maximum Gasteiger partial charge on any atom is 0.113 e. The highest BCUT2D eigenvalue weighted by Gasteiger charge is 2.03. The van der Waals surface area contributed by atoms with E-state index in [4.69, 9.17) is 0 Å². The lowest BCUT2D eigenvalue weighted by molar-refractivity contribution is 0.773. The zero-order valence-corrected chi connectivity index (χ0v) is 8.70. The van der Waals surface area contributed by atoms with E-state index in [2.05, 4.69) is 43.3 Å². The van der Waals surface area contributed by atoms with Crippen LogP contribution < -0.4 is 0 Å². The monoisotopic (exact) mass is 185 g/mol. The molecule has 0 atom stereocenters. The Morgan fingerprint density at radius 3 is 2.29 bits per heavy atom. The molecule has 2 heteroatoms. The number of hydrogen-bond acceptors (Lipinski definition) is 1. The first-order valence-electron chi connectivity index (χ1n) is 4.65. The number of nitrogens with zero attached hydrogens (tertiary/aromatic N) is 2. The average Bonchev–Trinajstić information content (AvgIpc) is 2.49. The van der Waals surface area contributed by atoms with E-state index >= 15 is 0 Å². The lowest BCUT2D eigenvalue weighted by Gasteiger charge is -2.04. The van der Waals surface area contributed by atoms with Gasteiger partial charge in [-0.3, -0.25) is 4.68 Å². The van der Waals surface area contributed by atoms with Crippen molar-refractivity contribution in [3.05, 3.63) is 41.6 Å². The molecule has 0 saturated carbocycles. The van der Waals surface area contributed by atoms with Gasteiger partial charge >= 0.3 is 0 Å². The molecule has 1 aromatic carbocycles. The second-order valence-electron chi connectivity index (χ2n) is 3.66. The lowest BCUT2D eigenvalue weighted by Crippen LogP contribution is -1.93. The Morgan fingerprint density at radius 1 is 1.14 bits per heavy atom. The molecule has 0 N–H and O–H groups in total. The predicted molar refractivity (Wildman–Crippen MR) is 57.0 cm³/mol. The quantitative estimate of drug-likeness (QED) is 0.667. The van der Waals surface area contributed by atoms with Crippen LogP contribution in [-0.2, 0) is 7.05 Å². The smallest absolute Gasteiger partial charge is 0.113 e. The fraction of sp³-hybridized carbons (Fsp3) is 0.250. The summed E-state index contributed by atoms with van der Waals surface area (Å²) in [7, 11) is 1.93. The molecule has 2 nitrogen and oxygen atoms in total. The van der Waals surface area contributed by atoms with E-state index < -0.39 is 0 Å². The molecule has 1 radical (unpaired) electrons. The minimum atomic E-state index is 1.11. The van der Waals surface area contributed by atoms with Crippen molar-refractivity contribution in [2.45, 2.75) is 13.8 Å². The molecule has 71 valence electrons. The maximum atomic E-state index is 4.04. The van der Waals surface area contributed by atoms with Gasteiger partial charge in [0.15, 0.2) is 0 Å². The molecule has 0 bridgehead atoms. The van der Waals surface area contributed by atoms with Crippen LogP contribution in [0.2, 0.25) is 0 Å². The van der Waals surface area contributed by atoms with Crippen molar-refractivity contribution in [2.24, 2.45) is 7.05 Å². The Kier molecular flexibility index (Phi) is 2.12. The van der Waals surface area contributed by atoms with Crippen LogP contribution in [0.15, 0.2) is 24.3 Å². The summed E-state index contributed by atoms with van der Waals surface area (Å²) in [6, 6.07) is 8.41. The van der Waals surface area contributed by atoms with Crippen molar-refractivity contribution >= 4 is 0 Å². The first kappa shape index (κ1) is 9.00. The zero-order chi connectivity index (χ0) is 10.1. The highest BCUT2D eigenvalue weighted by atomic mass is 15.2. The molecule has 0 spiro atoms. The number of hydrogen-bond donors (Lipinski definition) is 0. The molecule has 14 heavy (non-hydrogen) atoms. The fourth-order valence-electron chi connectivity index (χ4n) is 1.72. The first-order valence-corrected chi connectivity index (χ1v) is 4.65. The molecule has 0 amide bonds. The van der Waals surface area contributed by atoms with Gasteiger partial charge in [-0.15, -0.1) is 0 Å². The van der Waals surface area contributed by atoms with Gasteiger partial charge in [0.25, 0.3) is 0 Å². The average molecular weight is 185 g/mol. The van der Waals surface area contributed by atoms with Gasteiger partial charge in [-0.25, -0.2) is 0 Å². The normalized spacial score (nSPS) is 10.5. The van der Waals surface area contributed by atoms with Crippen molar-refractivity contribution in [3.8, 4) is 11.3 Å². The summed E-state index contributed by atoms with van der Waals surface area (Å²) in [6.07, 6.45) is 2.85. The Morgan fingerprint density at radius 2 is 1.79 bits per heavy atom. The molecule has 0 aliphatic carbocycles. The molecule has 0 unspecified atom stereocenters. The van der Waals surface area contributed by atoms with Gasteiger partial charge in [-0.2, -0.15) is 5.10 Å². The van der Waals surface area contributed by atoms with Gasteiger partial charge in [-0.1, -0.05) is 17.2 Å². The van der Waals surface area contributed by atoms with E-state index in [1.165, 1.54) is 16.7 Å². The highest BCUT2D eigenvalue weighted by molar-refractivity contribution is 5.61. The van der Waals surface area contributed by atoms with Crippen LogP contribution in [0.25, 0.3) is 11.3 Å². The van der Waals surface area contributed by atoms with Crippen LogP contribution in [-0.4, -0.2) is 9.78 Å². The van der Waals surface area contributed by atoms with Crippen LogP contribution in [0.5, 0.6) is 0 Å². The van der Waals surface area contributed by atoms with Gasteiger partial charge in [-0.05, 0) is 32.0 Å². The Bertz CT molecular complexity index is 435. The second kappa shape index (κ2) is 3.29. The molecule has 2 aromatic rings. The van der Waals surface area contributed by atoms with Gasteiger partial charge in [0.2, 0.25) is 0 Å². The number of rotatable bonds is 1. The van der Waals surface area contributed by atoms with Crippen molar-refractivity contribution in [2.75, 3.05) is 0 Å². The van der Waals surface area contributed by atoms with Gasteiger partial charge < -0.3 is 0 Å². The highest BCUT2D eigenvalue weighted by Crippen LogP contribution is 2.20. The third-order valence-corrected chi connectivity index (χ3v) is 2.28. The first-order chi connectivity index (χ1) is 6.66. The van der Waals surface area contributed by atoms with E-state index in [1.807, 2.05) is 17.8 Å². The van der Waals surface area contributed by atoms with E-state index in [1.54, 1.807) is 0 Å².